The maximum absolute atomic E-state index is 5.78. The number of fused-ring (bicyclic) bond motifs is 1. The molecule has 1 unspecified atom stereocenters. The minimum absolute atomic E-state index is 0.441. The zero-order chi connectivity index (χ0) is 12.4. The van der Waals surface area contributed by atoms with Crippen molar-refractivity contribution >= 4 is 27.2 Å². The molecule has 96 valence electrons. The summed E-state index contributed by atoms with van der Waals surface area (Å²) < 4.78 is 6.94. The lowest BCUT2D eigenvalue weighted by molar-refractivity contribution is 0.0115. The molecular formula is C14H18N2OS. The van der Waals surface area contributed by atoms with Crippen LogP contribution in [0, 0.1) is 0 Å². The molecule has 1 aromatic carbocycles. The number of hydrogen-bond acceptors (Lipinski definition) is 4. The monoisotopic (exact) mass is 262 g/mol. The van der Waals surface area contributed by atoms with Crippen molar-refractivity contribution in [2.75, 3.05) is 12.3 Å². The van der Waals surface area contributed by atoms with E-state index in [1.165, 1.54) is 29.0 Å². The van der Waals surface area contributed by atoms with Gasteiger partial charge in [-0.1, -0.05) is 0 Å². The first-order chi connectivity index (χ1) is 8.81. The van der Waals surface area contributed by atoms with Gasteiger partial charge in [-0.3, -0.25) is 0 Å². The molecule has 0 bridgehead atoms. The van der Waals surface area contributed by atoms with E-state index in [1.54, 1.807) is 11.3 Å². The van der Waals surface area contributed by atoms with E-state index in [4.69, 9.17) is 10.5 Å². The molecule has 0 saturated carbocycles. The van der Waals surface area contributed by atoms with E-state index < -0.39 is 0 Å². The highest BCUT2D eigenvalue weighted by atomic mass is 32.1. The van der Waals surface area contributed by atoms with Gasteiger partial charge in [0.1, 0.15) is 0 Å². The predicted octanol–water partition coefficient (Wildman–Crippen LogP) is 3.38. The van der Waals surface area contributed by atoms with E-state index in [9.17, 15) is 0 Å². The molecule has 0 spiro atoms. The van der Waals surface area contributed by atoms with E-state index in [0.29, 0.717) is 6.10 Å². The lowest BCUT2D eigenvalue weighted by atomic mass is 10.1. The number of anilines is 1. The van der Waals surface area contributed by atoms with Gasteiger partial charge in [-0.05, 0) is 43.9 Å². The second-order valence-corrected chi connectivity index (χ2v) is 5.98. The summed E-state index contributed by atoms with van der Waals surface area (Å²) in [4.78, 5) is 4.65. The highest BCUT2D eigenvalue weighted by molar-refractivity contribution is 7.18. The van der Waals surface area contributed by atoms with E-state index in [2.05, 4.69) is 4.98 Å². The van der Waals surface area contributed by atoms with Crippen LogP contribution in [0.15, 0.2) is 18.2 Å². The Morgan fingerprint density at radius 1 is 1.39 bits per heavy atom. The minimum Gasteiger partial charge on any atom is -0.399 e. The van der Waals surface area contributed by atoms with Gasteiger partial charge in [0.2, 0.25) is 0 Å². The largest absolute Gasteiger partial charge is 0.399 e. The molecule has 3 rings (SSSR count). The summed E-state index contributed by atoms with van der Waals surface area (Å²) >= 11 is 1.75. The van der Waals surface area contributed by atoms with Crippen LogP contribution in [0.4, 0.5) is 5.69 Å². The first kappa shape index (κ1) is 11.9. The standard InChI is InChI=1S/C14H18N2OS/c15-10-4-6-12-13(9-10)18-14(16-12)7-5-11-3-1-2-8-17-11/h4,6,9,11H,1-3,5,7-8,15H2. The number of aromatic nitrogens is 1. The molecule has 1 saturated heterocycles. The second kappa shape index (κ2) is 5.24. The average molecular weight is 262 g/mol. The fraction of sp³-hybridized carbons (Fsp3) is 0.500. The van der Waals surface area contributed by atoms with Crippen molar-refractivity contribution in [2.24, 2.45) is 0 Å². The van der Waals surface area contributed by atoms with Crippen LogP contribution in [-0.2, 0) is 11.2 Å². The fourth-order valence-electron chi connectivity index (χ4n) is 2.42. The van der Waals surface area contributed by atoms with Gasteiger partial charge in [0.15, 0.2) is 0 Å². The van der Waals surface area contributed by atoms with E-state index in [1.807, 2.05) is 18.2 Å². The number of rotatable bonds is 3. The molecule has 3 nitrogen and oxygen atoms in total. The third kappa shape index (κ3) is 2.65. The number of ether oxygens (including phenoxy) is 1. The molecule has 1 fully saturated rings. The van der Waals surface area contributed by atoms with Gasteiger partial charge in [0, 0.05) is 18.7 Å². The molecule has 2 heterocycles. The Bertz CT molecular complexity index is 532. The maximum atomic E-state index is 5.78. The van der Waals surface area contributed by atoms with Gasteiger partial charge >= 0.3 is 0 Å². The molecule has 0 aliphatic carbocycles. The van der Waals surface area contributed by atoms with Crippen molar-refractivity contribution < 1.29 is 4.74 Å². The lowest BCUT2D eigenvalue weighted by Crippen LogP contribution is -2.19. The number of nitrogens with zero attached hydrogens (tertiary/aromatic N) is 1. The van der Waals surface area contributed by atoms with Crippen molar-refractivity contribution in [1.82, 2.24) is 4.98 Å². The first-order valence-electron chi connectivity index (χ1n) is 6.58. The summed E-state index contributed by atoms with van der Waals surface area (Å²) in [5, 5.41) is 1.20. The van der Waals surface area contributed by atoms with Crippen molar-refractivity contribution in [3.8, 4) is 0 Å². The Hall–Kier alpha value is -1.13. The Kier molecular flexibility index (Phi) is 3.48. The second-order valence-electron chi connectivity index (χ2n) is 4.86. The summed E-state index contributed by atoms with van der Waals surface area (Å²) in [6.45, 7) is 0.932. The molecule has 2 aromatic rings. The van der Waals surface area contributed by atoms with Crippen LogP contribution in [0.5, 0.6) is 0 Å². The highest BCUT2D eigenvalue weighted by Gasteiger charge is 2.14. The molecule has 1 aromatic heterocycles. The molecule has 2 N–H and O–H groups in total. The summed E-state index contributed by atoms with van der Waals surface area (Å²) in [5.74, 6) is 0. The van der Waals surface area contributed by atoms with Crippen LogP contribution in [-0.4, -0.2) is 17.7 Å². The van der Waals surface area contributed by atoms with Gasteiger partial charge in [0.05, 0.1) is 21.3 Å². The zero-order valence-corrected chi connectivity index (χ0v) is 11.2. The lowest BCUT2D eigenvalue weighted by Gasteiger charge is -2.21. The summed E-state index contributed by atoms with van der Waals surface area (Å²) in [6, 6.07) is 5.92. The number of aryl methyl sites for hydroxylation is 1. The van der Waals surface area contributed by atoms with E-state index >= 15 is 0 Å². The van der Waals surface area contributed by atoms with Crippen molar-refractivity contribution in [2.45, 2.75) is 38.2 Å². The van der Waals surface area contributed by atoms with Crippen LogP contribution in [0.1, 0.15) is 30.7 Å². The van der Waals surface area contributed by atoms with Crippen LogP contribution in [0.2, 0.25) is 0 Å². The molecule has 1 aliphatic rings. The first-order valence-corrected chi connectivity index (χ1v) is 7.39. The number of nitrogens with two attached hydrogens (primary N) is 1. The summed E-state index contributed by atoms with van der Waals surface area (Å²) in [6.07, 6.45) is 6.28. The van der Waals surface area contributed by atoms with Crippen molar-refractivity contribution in [1.29, 1.82) is 0 Å². The predicted molar refractivity (Wildman–Crippen MR) is 75.9 cm³/mol. The summed E-state index contributed by atoms with van der Waals surface area (Å²) in [5.41, 5.74) is 7.66. The van der Waals surface area contributed by atoms with E-state index in [0.717, 1.165) is 30.7 Å². The molecule has 0 amide bonds. The number of hydrogen-bond donors (Lipinski definition) is 1. The van der Waals surface area contributed by atoms with Gasteiger partial charge < -0.3 is 10.5 Å². The Labute approximate surface area is 111 Å². The Morgan fingerprint density at radius 2 is 2.33 bits per heavy atom. The summed E-state index contributed by atoms with van der Waals surface area (Å²) in [7, 11) is 0. The third-order valence-corrected chi connectivity index (χ3v) is 4.49. The molecule has 4 heteroatoms. The molecule has 1 aliphatic heterocycles. The van der Waals surface area contributed by atoms with Gasteiger partial charge in [-0.2, -0.15) is 0 Å². The topological polar surface area (TPSA) is 48.1 Å². The van der Waals surface area contributed by atoms with Crippen LogP contribution < -0.4 is 5.73 Å². The highest BCUT2D eigenvalue weighted by Crippen LogP contribution is 2.26. The molecule has 0 radical (unpaired) electrons. The zero-order valence-electron chi connectivity index (χ0n) is 10.4. The maximum Gasteiger partial charge on any atom is 0.0939 e. The van der Waals surface area contributed by atoms with Crippen molar-refractivity contribution in [3.63, 3.8) is 0 Å². The normalized spacial score (nSPS) is 20.3. The van der Waals surface area contributed by atoms with Crippen LogP contribution >= 0.6 is 11.3 Å². The number of thiazole rings is 1. The quantitative estimate of drug-likeness (QED) is 0.863. The van der Waals surface area contributed by atoms with Gasteiger partial charge in [0.25, 0.3) is 0 Å². The number of nitrogen functional groups attached to an aromatic ring is 1. The Balaban J connectivity index is 1.67. The molecular weight excluding hydrogens is 244 g/mol. The number of benzene rings is 1. The van der Waals surface area contributed by atoms with Gasteiger partial charge in [-0.25, -0.2) is 4.98 Å². The average Bonchev–Trinajstić information content (AvgIpc) is 2.79. The minimum atomic E-state index is 0.441. The fourth-order valence-corrected chi connectivity index (χ4v) is 3.45. The van der Waals surface area contributed by atoms with Crippen LogP contribution in [0.3, 0.4) is 0 Å². The molecule has 18 heavy (non-hydrogen) atoms. The van der Waals surface area contributed by atoms with Crippen LogP contribution in [0.25, 0.3) is 10.2 Å². The molecule has 1 atom stereocenters. The van der Waals surface area contributed by atoms with Gasteiger partial charge in [-0.15, -0.1) is 11.3 Å². The third-order valence-electron chi connectivity index (χ3n) is 3.41. The Morgan fingerprint density at radius 3 is 3.17 bits per heavy atom. The smallest absolute Gasteiger partial charge is 0.0939 e. The van der Waals surface area contributed by atoms with Crippen molar-refractivity contribution in [3.05, 3.63) is 23.2 Å². The van der Waals surface area contributed by atoms with E-state index in [-0.39, 0.29) is 0 Å². The SMILES string of the molecule is Nc1ccc2nc(CCC3CCCCO3)sc2c1.